The fourth-order valence-corrected chi connectivity index (χ4v) is 3.01. The Hall–Kier alpha value is -0.930. The average molecular weight is 263 g/mol. The molecule has 1 fully saturated rings. The van der Waals surface area contributed by atoms with Crippen LogP contribution in [0.3, 0.4) is 0 Å². The first-order valence-electron chi connectivity index (χ1n) is 7.38. The standard InChI is InChI=1S/C16H25NO2/c1-3-19-16(9-7-13(2)8-10-16)15(18)12-14-6-4-5-11-17-14/h4-6,11,13,15,18H,3,7-10,12H2,1-2H3. The van der Waals surface area contributed by atoms with E-state index in [0.29, 0.717) is 13.0 Å². The van der Waals surface area contributed by atoms with E-state index in [9.17, 15) is 5.11 Å². The van der Waals surface area contributed by atoms with Crippen molar-refractivity contribution in [1.29, 1.82) is 0 Å². The van der Waals surface area contributed by atoms with E-state index in [-0.39, 0.29) is 5.60 Å². The number of nitrogens with zero attached hydrogens (tertiary/aromatic N) is 1. The third kappa shape index (κ3) is 3.54. The molecule has 1 N–H and O–H groups in total. The van der Waals surface area contributed by atoms with Gasteiger partial charge in [-0.3, -0.25) is 4.98 Å². The summed E-state index contributed by atoms with van der Waals surface area (Å²) in [6.07, 6.45) is 6.08. The van der Waals surface area contributed by atoms with Gasteiger partial charge in [-0.15, -0.1) is 0 Å². The summed E-state index contributed by atoms with van der Waals surface area (Å²) in [4.78, 5) is 4.30. The Morgan fingerprint density at radius 1 is 1.42 bits per heavy atom. The lowest BCUT2D eigenvalue weighted by atomic mass is 9.75. The number of aliphatic hydroxyl groups excluding tert-OH is 1. The van der Waals surface area contributed by atoms with Gasteiger partial charge in [-0.1, -0.05) is 13.0 Å². The van der Waals surface area contributed by atoms with Crippen molar-refractivity contribution in [3.63, 3.8) is 0 Å². The largest absolute Gasteiger partial charge is 0.390 e. The summed E-state index contributed by atoms with van der Waals surface area (Å²) >= 11 is 0. The summed E-state index contributed by atoms with van der Waals surface area (Å²) in [6.45, 7) is 4.95. The highest BCUT2D eigenvalue weighted by Crippen LogP contribution is 2.38. The molecule has 0 aromatic carbocycles. The van der Waals surface area contributed by atoms with Gasteiger partial charge in [0.1, 0.15) is 0 Å². The van der Waals surface area contributed by atoms with Crippen molar-refractivity contribution in [1.82, 2.24) is 4.98 Å². The maximum atomic E-state index is 10.6. The second kappa shape index (κ2) is 6.49. The summed E-state index contributed by atoms with van der Waals surface area (Å²) in [5.74, 6) is 0.746. The van der Waals surface area contributed by atoms with Crippen LogP contribution in [-0.4, -0.2) is 28.4 Å². The minimum atomic E-state index is -0.463. The summed E-state index contributed by atoms with van der Waals surface area (Å²) in [5, 5.41) is 10.6. The normalized spacial score (nSPS) is 29.1. The second-order valence-electron chi connectivity index (χ2n) is 5.72. The SMILES string of the molecule is CCOC1(C(O)Cc2ccccn2)CCC(C)CC1. The van der Waals surface area contributed by atoms with E-state index in [1.807, 2.05) is 25.1 Å². The molecule has 3 heteroatoms. The highest BCUT2D eigenvalue weighted by molar-refractivity contribution is 5.07. The highest BCUT2D eigenvalue weighted by Gasteiger charge is 2.41. The minimum Gasteiger partial charge on any atom is -0.390 e. The molecule has 1 saturated carbocycles. The van der Waals surface area contributed by atoms with Crippen molar-refractivity contribution in [3.05, 3.63) is 30.1 Å². The number of pyridine rings is 1. The molecule has 19 heavy (non-hydrogen) atoms. The Morgan fingerprint density at radius 2 is 2.16 bits per heavy atom. The van der Waals surface area contributed by atoms with Gasteiger partial charge in [0.15, 0.2) is 0 Å². The number of hydrogen-bond acceptors (Lipinski definition) is 3. The molecular weight excluding hydrogens is 238 g/mol. The van der Waals surface area contributed by atoms with Crippen LogP contribution in [0.2, 0.25) is 0 Å². The quantitative estimate of drug-likeness (QED) is 0.888. The monoisotopic (exact) mass is 263 g/mol. The van der Waals surface area contributed by atoms with E-state index in [4.69, 9.17) is 4.74 Å². The number of ether oxygens (including phenoxy) is 1. The summed E-state index contributed by atoms with van der Waals surface area (Å²) in [5.41, 5.74) is 0.575. The van der Waals surface area contributed by atoms with E-state index in [2.05, 4.69) is 11.9 Å². The average Bonchev–Trinajstić information content (AvgIpc) is 2.43. The number of aromatic nitrogens is 1. The topological polar surface area (TPSA) is 42.4 Å². The van der Waals surface area contributed by atoms with Crippen LogP contribution in [-0.2, 0) is 11.2 Å². The molecule has 1 atom stereocenters. The van der Waals surface area contributed by atoms with Gasteiger partial charge in [0, 0.05) is 24.9 Å². The van der Waals surface area contributed by atoms with E-state index < -0.39 is 6.10 Å². The van der Waals surface area contributed by atoms with Crippen LogP contribution < -0.4 is 0 Å². The first-order chi connectivity index (χ1) is 9.16. The van der Waals surface area contributed by atoms with Crippen molar-refractivity contribution in [3.8, 4) is 0 Å². The maximum absolute atomic E-state index is 10.6. The molecule has 0 bridgehead atoms. The Labute approximate surface area is 116 Å². The van der Waals surface area contributed by atoms with Gasteiger partial charge in [-0.2, -0.15) is 0 Å². The molecule has 1 aromatic heterocycles. The molecule has 0 radical (unpaired) electrons. The summed E-state index contributed by atoms with van der Waals surface area (Å²) in [7, 11) is 0. The lowest BCUT2D eigenvalue weighted by molar-refractivity contribution is -0.143. The predicted molar refractivity (Wildman–Crippen MR) is 75.9 cm³/mol. The van der Waals surface area contributed by atoms with E-state index in [1.165, 1.54) is 0 Å². The van der Waals surface area contributed by atoms with E-state index >= 15 is 0 Å². The van der Waals surface area contributed by atoms with Gasteiger partial charge in [-0.25, -0.2) is 0 Å². The zero-order valence-corrected chi connectivity index (χ0v) is 12.0. The summed E-state index contributed by atoms with van der Waals surface area (Å²) < 4.78 is 5.97. The molecule has 1 aliphatic carbocycles. The van der Waals surface area contributed by atoms with Gasteiger partial charge in [0.25, 0.3) is 0 Å². The maximum Gasteiger partial charge on any atom is 0.0944 e. The predicted octanol–water partition coefficient (Wildman–Crippen LogP) is 2.97. The molecule has 106 valence electrons. The van der Waals surface area contributed by atoms with Crippen molar-refractivity contribution >= 4 is 0 Å². The van der Waals surface area contributed by atoms with Crippen molar-refractivity contribution in [2.24, 2.45) is 5.92 Å². The Balaban J connectivity index is 2.06. The molecule has 2 rings (SSSR count). The zero-order chi connectivity index (χ0) is 13.7. The van der Waals surface area contributed by atoms with Crippen LogP contribution in [0.5, 0.6) is 0 Å². The molecule has 0 aliphatic heterocycles. The molecule has 1 aromatic rings. The molecule has 1 heterocycles. The highest BCUT2D eigenvalue weighted by atomic mass is 16.5. The van der Waals surface area contributed by atoms with E-state index in [1.54, 1.807) is 6.20 Å². The smallest absolute Gasteiger partial charge is 0.0944 e. The summed E-state index contributed by atoms with van der Waals surface area (Å²) in [6, 6.07) is 5.83. The lowest BCUT2D eigenvalue weighted by Gasteiger charge is -2.42. The first kappa shape index (κ1) is 14.5. The van der Waals surface area contributed by atoms with Crippen LogP contribution in [0.1, 0.15) is 45.2 Å². The van der Waals surface area contributed by atoms with Gasteiger partial charge >= 0.3 is 0 Å². The third-order valence-electron chi connectivity index (χ3n) is 4.29. The third-order valence-corrected chi connectivity index (χ3v) is 4.29. The van der Waals surface area contributed by atoms with Crippen molar-refractivity contribution in [2.45, 2.75) is 57.7 Å². The molecule has 0 saturated heterocycles. The van der Waals surface area contributed by atoms with Gasteiger partial charge < -0.3 is 9.84 Å². The molecule has 0 spiro atoms. The van der Waals surface area contributed by atoms with Crippen LogP contribution in [0.4, 0.5) is 0 Å². The molecule has 0 amide bonds. The first-order valence-corrected chi connectivity index (χ1v) is 7.38. The number of rotatable bonds is 5. The fraction of sp³-hybridized carbons (Fsp3) is 0.688. The van der Waals surface area contributed by atoms with Crippen LogP contribution >= 0.6 is 0 Å². The molecule has 1 unspecified atom stereocenters. The van der Waals surface area contributed by atoms with E-state index in [0.717, 1.165) is 37.3 Å². The Morgan fingerprint density at radius 3 is 2.74 bits per heavy atom. The molecule has 1 aliphatic rings. The van der Waals surface area contributed by atoms with Gasteiger partial charge in [-0.05, 0) is 50.7 Å². The van der Waals surface area contributed by atoms with Gasteiger partial charge in [0.05, 0.1) is 11.7 Å². The number of aliphatic hydroxyl groups is 1. The zero-order valence-electron chi connectivity index (χ0n) is 12.0. The number of hydrogen-bond donors (Lipinski definition) is 1. The van der Waals surface area contributed by atoms with Gasteiger partial charge in [0.2, 0.25) is 0 Å². The Bertz CT molecular complexity index is 372. The van der Waals surface area contributed by atoms with Crippen molar-refractivity contribution < 1.29 is 9.84 Å². The van der Waals surface area contributed by atoms with Crippen molar-refractivity contribution in [2.75, 3.05) is 6.61 Å². The second-order valence-corrected chi connectivity index (χ2v) is 5.72. The Kier molecular flexibility index (Phi) is 4.94. The van der Waals surface area contributed by atoms with Crippen LogP contribution in [0.25, 0.3) is 0 Å². The van der Waals surface area contributed by atoms with Crippen LogP contribution in [0, 0.1) is 5.92 Å². The fourth-order valence-electron chi connectivity index (χ4n) is 3.01. The molecule has 3 nitrogen and oxygen atoms in total. The van der Waals surface area contributed by atoms with Crippen LogP contribution in [0.15, 0.2) is 24.4 Å². The molecular formula is C16H25NO2. The lowest BCUT2D eigenvalue weighted by Crippen LogP contribution is -2.48. The minimum absolute atomic E-state index is 0.362.